The number of carbonyl (C=O) groups is 1. The van der Waals surface area contributed by atoms with E-state index < -0.39 is 5.91 Å². The molecule has 2 aromatic carbocycles. The molecule has 3 rings (SSSR count). The summed E-state index contributed by atoms with van der Waals surface area (Å²) in [7, 11) is 0. The third-order valence-electron chi connectivity index (χ3n) is 3.99. The van der Waals surface area contributed by atoms with Crippen molar-refractivity contribution in [2.75, 3.05) is 0 Å². The maximum absolute atomic E-state index is 11.5. The Bertz CT molecular complexity index is 888. The lowest BCUT2D eigenvalue weighted by Crippen LogP contribution is -2.12. The number of halogens is 1. The maximum Gasteiger partial charge on any atom is 0.252 e. The smallest absolute Gasteiger partial charge is 0.252 e. The number of hydrogen-bond acceptors (Lipinski definition) is 3. The number of nitrogens with zero attached hydrogens (tertiary/aromatic N) is 2. The van der Waals surface area contributed by atoms with Gasteiger partial charge in [-0.2, -0.15) is 0 Å². The lowest BCUT2D eigenvalue weighted by atomic mass is 9.97. The Morgan fingerprint density at radius 3 is 2.62 bits per heavy atom. The van der Waals surface area contributed by atoms with Gasteiger partial charge in [0.2, 0.25) is 0 Å². The summed E-state index contributed by atoms with van der Waals surface area (Å²) in [5.41, 5.74) is 8.99. The Labute approximate surface area is 144 Å². The molecule has 3 N–H and O–H groups in total. The molecule has 24 heavy (non-hydrogen) atoms. The van der Waals surface area contributed by atoms with Gasteiger partial charge in [0, 0.05) is 18.1 Å². The molecule has 0 saturated heterocycles. The van der Waals surface area contributed by atoms with Crippen molar-refractivity contribution in [3.8, 4) is 11.4 Å². The zero-order valence-electron chi connectivity index (χ0n) is 13.0. The van der Waals surface area contributed by atoms with E-state index in [2.05, 4.69) is 4.98 Å². The molecular formula is C18H16ClN3O2. The van der Waals surface area contributed by atoms with Crippen molar-refractivity contribution in [3.05, 3.63) is 76.3 Å². The SMILES string of the molecule is Cc1c(Cc2ccc(-n3ccnc3)cc2)cc(C(N)=O)c(O)c1Cl. The highest BCUT2D eigenvalue weighted by Crippen LogP contribution is 2.34. The van der Waals surface area contributed by atoms with Crippen LogP contribution in [0.25, 0.3) is 5.69 Å². The van der Waals surface area contributed by atoms with Gasteiger partial charge in [0.25, 0.3) is 5.91 Å². The molecular weight excluding hydrogens is 326 g/mol. The first kappa shape index (κ1) is 16.1. The molecule has 0 radical (unpaired) electrons. The largest absolute Gasteiger partial charge is 0.506 e. The van der Waals surface area contributed by atoms with E-state index in [1.165, 1.54) is 0 Å². The van der Waals surface area contributed by atoms with Crippen LogP contribution in [0.5, 0.6) is 5.75 Å². The van der Waals surface area contributed by atoms with E-state index in [4.69, 9.17) is 17.3 Å². The Hall–Kier alpha value is -2.79. The number of aromatic hydroxyl groups is 1. The van der Waals surface area contributed by atoms with Crippen LogP contribution in [0.1, 0.15) is 27.0 Å². The summed E-state index contributed by atoms with van der Waals surface area (Å²) in [5.74, 6) is -0.966. The van der Waals surface area contributed by atoms with Gasteiger partial charge < -0.3 is 15.4 Å². The summed E-state index contributed by atoms with van der Waals surface area (Å²) in [4.78, 5) is 15.5. The van der Waals surface area contributed by atoms with E-state index in [0.717, 1.165) is 22.4 Å². The van der Waals surface area contributed by atoms with Crippen molar-refractivity contribution in [2.45, 2.75) is 13.3 Å². The van der Waals surface area contributed by atoms with Crippen LogP contribution in [0.15, 0.2) is 49.1 Å². The summed E-state index contributed by atoms with van der Waals surface area (Å²) in [6.45, 7) is 1.81. The Kier molecular flexibility index (Phi) is 4.27. The molecule has 0 aliphatic carbocycles. The first-order chi connectivity index (χ1) is 11.5. The van der Waals surface area contributed by atoms with Crippen LogP contribution in [0.4, 0.5) is 0 Å². The number of hydrogen-bond donors (Lipinski definition) is 2. The molecule has 0 aliphatic rings. The predicted molar refractivity (Wildman–Crippen MR) is 92.7 cm³/mol. The lowest BCUT2D eigenvalue weighted by molar-refractivity contribution is 0.0997. The first-order valence-corrected chi connectivity index (χ1v) is 7.73. The second kappa shape index (κ2) is 6.37. The van der Waals surface area contributed by atoms with Gasteiger partial charge in [-0.3, -0.25) is 4.79 Å². The molecule has 1 amide bonds. The highest BCUT2D eigenvalue weighted by Gasteiger charge is 2.17. The van der Waals surface area contributed by atoms with Crippen LogP contribution >= 0.6 is 11.6 Å². The van der Waals surface area contributed by atoms with E-state index in [9.17, 15) is 9.90 Å². The fourth-order valence-electron chi connectivity index (χ4n) is 2.58. The quantitative estimate of drug-likeness (QED) is 0.764. The number of nitrogens with two attached hydrogens (primary N) is 1. The number of aromatic nitrogens is 2. The summed E-state index contributed by atoms with van der Waals surface area (Å²) in [6, 6.07) is 9.58. The van der Waals surface area contributed by atoms with Crippen LogP contribution in [0, 0.1) is 6.92 Å². The molecule has 1 aromatic heterocycles. The molecule has 0 spiro atoms. The molecule has 0 aliphatic heterocycles. The van der Waals surface area contributed by atoms with Gasteiger partial charge in [-0.05, 0) is 48.2 Å². The van der Waals surface area contributed by atoms with E-state index >= 15 is 0 Å². The van der Waals surface area contributed by atoms with Crippen LogP contribution in [0.3, 0.4) is 0 Å². The minimum Gasteiger partial charge on any atom is -0.506 e. The molecule has 6 heteroatoms. The number of amides is 1. The third-order valence-corrected chi connectivity index (χ3v) is 4.45. The first-order valence-electron chi connectivity index (χ1n) is 7.35. The lowest BCUT2D eigenvalue weighted by Gasteiger charge is -2.13. The Morgan fingerprint density at radius 2 is 2.04 bits per heavy atom. The maximum atomic E-state index is 11.5. The summed E-state index contributed by atoms with van der Waals surface area (Å²) < 4.78 is 1.91. The van der Waals surface area contributed by atoms with Gasteiger partial charge >= 0.3 is 0 Å². The molecule has 0 atom stereocenters. The monoisotopic (exact) mass is 341 g/mol. The molecule has 122 valence electrons. The predicted octanol–water partition coefficient (Wildman–Crippen LogP) is 3.23. The number of benzene rings is 2. The van der Waals surface area contributed by atoms with Crippen molar-refractivity contribution in [2.24, 2.45) is 5.73 Å². The second-order valence-corrected chi connectivity index (χ2v) is 5.93. The summed E-state index contributed by atoms with van der Waals surface area (Å²) in [5, 5.41) is 10.1. The Balaban J connectivity index is 1.92. The van der Waals surface area contributed by atoms with Crippen LogP contribution < -0.4 is 5.73 Å². The normalized spacial score (nSPS) is 10.8. The van der Waals surface area contributed by atoms with Gasteiger partial charge in [0.15, 0.2) is 0 Å². The van der Waals surface area contributed by atoms with Gasteiger partial charge in [0.1, 0.15) is 5.75 Å². The molecule has 5 nitrogen and oxygen atoms in total. The fraction of sp³-hybridized carbons (Fsp3) is 0.111. The number of phenols is 1. The molecule has 0 fully saturated rings. The van der Waals surface area contributed by atoms with E-state index in [0.29, 0.717) is 6.42 Å². The van der Waals surface area contributed by atoms with Crippen LogP contribution in [0.2, 0.25) is 5.02 Å². The van der Waals surface area contributed by atoms with Gasteiger partial charge in [0.05, 0.1) is 16.9 Å². The summed E-state index contributed by atoms with van der Waals surface area (Å²) in [6.07, 6.45) is 5.91. The van der Waals surface area contributed by atoms with E-state index in [1.54, 1.807) is 18.6 Å². The van der Waals surface area contributed by atoms with Crippen molar-refractivity contribution < 1.29 is 9.90 Å². The van der Waals surface area contributed by atoms with Crippen LogP contribution in [-0.4, -0.2) is 20.6 Å². The number of carbonyl (C=O) groups excluding carboxylic acids is 1. The van der Waals surface area contributed by atoms with Crippen LogP contribution in [-0.2, 0) is 6.42 Å². The van der Waals surface area contributed by atoms with E-state index in [1.807, 2.05) is 42.0 Å². The van der Waals surface area contributed by atoms with E-state index in [-0.39, 0.29) is 16.3 Å². The average molecular weight is 342 g/mol. The number of primary amides is 1. The highest BCUT2D eigenvalue weighted by atomic mass is 35.5. The third kappa shape index (κ3) is 2.98. The molecule has 0 bridgehead atoms. The van der Waals surface area contributed by atoms with Crippen molar-refractivity contribution in [3.63, 3.8) is 0 Å². The van der Waals surface area contributed by atoms with Crippen molar-refractivity contribution in [1.29, 1.82) is 0 Å². The summed E-state index contributed by atoms with van der Waals surface area (Å²) >= 11 is 6.12. The average Bonchev–Trinajstić information content (AvgIpc) is 3.10. The van der Waals surface area contributed by atoms with Crippen molar-refractivity contribution in [1.82, 2.24) is 9.55 Å². The Morgan fingerprint density at radius 1 is 1.33 bits per heavy atom. The molecule has 1 heterocycles. The van der Waals surface area contributed by atoms with Gasteiger partial charge in [-0.1, -0.05) is 23.7 Å². The minimum absolute atomic E-state index is 0.0376. The van der Waals surface area contributed by atoms with Gasteiger partial charge in [-0.25, -0.2) is 4.98 Å². The van der Waals surface area contributed by atoms with Gasteiger partial charge in [-0.15, -0.1) is 0 Å². The number of rotatable bonds is 4. The number of imidazole rings is 1. The second-order valence-electron chi connectivity index (χ2n) is 5.55. The molecule has 3 aromatic rings. The zero-order chi connectivity index (χ0) is 17.3. The standard InChI is InChI=1S/C18H16ClN3O2/c1-11-13(9-15(18(20)24)17(23)16(11)19)8-12-2-4-14(5-3-12)22-7-6-21-10-22/h2-7,9-10,23H,8H2,1H3,(H2,20,24). The highest BCUT2D eigenvalue weighted by molar-refractivity contribution is 6.33. The fourth-order valence-corrected chi connectivity index (χ4v) is 2.80. The molecule has 0 unspecified atom stereocenters. The molecule has 0 saturated carbocycles. The zero-order valence-corrected chi connectivity index (χ0v) is 13.8. The topological polar surface area (TPSA) is 81.1 Å². The minimum atomic E-state index is -0.703. The van der Waals surface area contributed by atoms with Crippen molar-refractivity contribution >= 4 is 17.5 Å².